The van der Waals surface area contributed by atoms with Crippen LogP contribution in [0.25, 0.3) is 0 Å². The minimum atomic E-state index is -0.807. The zero-order chi connectivity index (χ0) is 19.6. The maximum Gasteiger partial charge on any atom is 0.411 e. The van der Waals surface area contributed by atoms with Crippen LogP contribution in [0.15, 0.2) is 18.2 Å². The van der Waals surface area contributed by atoms with E-state index in [2.05, 4.69) is 0 Å². The summed E-state index contributed by atoms with van der Waals surface area (Å²) in [7, 11) is 2.82. The minimum Gasteiger partial charge on any atom is -0.444 e. The van der Waals surface area contributed by atoms with Crippen LogP contribution in [0, 0.1) is 5.82 Å². The zero-order valence-corrected chi connectivity index (χ0v) is 16.3. The molecule has 1 aromatic rings. The highest BCUT2D eigenvalue weighted by Gasteiger charge is 2.45. The SMILES string of the molecule is CON(C)C(=O)[C@H]1CC[C@H](c2cc(Cl)ccc2F)N1C(=O)OC(C)(C)C. The van der Waals surface area contributed by atoms with Gasteiger partial charge in [-0.1, -0.05) is 11.6 Å². The van der Waals surface area contributed by atoms with Gasteiger partial charge in [0.1, 0.15) is 17.5 Å². The Balaban J connectivity index is 2.42. The van der Waals surface area contributed by atoms with Crippen LogP contribution in [0.5, 0.6) is 0 Å². The predicted octanol–water partition coefficient (Wildman–Crippen LogP) is 3.94. The number of benzene rings is 1. The molecule has 0 bridgehead atoms. The van der Waals surface area contributed by atoms with Crippen molar-refractivity contribution in [2.75, 3.05) is 14.2 Å². The number of ether oxygens (including phenoxy) is 1. The second kappa shape index (κ2) is 7.80. The normalized spacial score (nSPS) is 20.2. The van der Waals surface area contributed by atoms with E-state index in [1.165, 1.54) is 37.3 Å². The van der Waals surface area contributed by atoms with Gasteiger partial charge in [-0.05, 0) is 51.8 Å². The second-order valence-electron chi connectivity index (χ2n) is 7.18. The number of likely N-dealkylation sites (tertiary alicyclic amines) is 1. The van der Waals surface area contributed by atoms with Gasteiger partial charge in [0, 0.05) is 17.6 Å². The third-order valence-electron chi connectivity index (χ3n) is 4.18. The lowest BCUT2D eigenvalue weighted by atomic mass is 10.0. The average molecular weight is 387 g/mol. The maximum atomic E-state index is 14.4. The molecule has 0 saturated carbocycles. The highest BCUT2D eigenvalue weighted by molar-refractivity contribution is 6.30. The molecule has 0 aliphatic carbocycles. The summed E-state index contributed by atoms with van der Waals surface area (Å²) in [5.41, 5.74) is -0.489. The monoisotopic (exact) mass is 386 g/mol. The Morgan fingerprint density at radius 1 is 1.31 bits per heavy atom. The Kier molecular flexibility index (Phi) is 6.13. The van der Waals surface area contributed by atoms with Crippen molar-refractivity contribution in [2.45, 2.75) is 51.3 Å². The van der Waals surface area contributed by atoms with E-state index in [9.17, 15) is 14.0 Å². The van der Waals surface area contributed by atoms with Gasteiger partial charge in [-0.3, -0.25) is 14.5 Å². The number of rotatable bonds is 3. The number of likely N-dealkylation sites (N-methyl/N-ethyl adjacent to an activating group) is 1. The first-order valence-electron chi connectivity index (χ1n) is 8.33. The van der Waals surface area contributed by atoms with Gasteiger partial charge in [0.2, 0.25) is 0 Å². The number of halogens is 2. The molecule has 2 atom stereocenters. The molecule has 0 unspecified atom stereocenters. The molecule has 8 heteroatoms. The number of carbonyl (C=O) groups excluding carboxylic acids is 2. The Morgan fingerprint density at radius 3 is 2.54 bits per heavy atom. The van der Waals surface area contributed by atoms with Gasteiger partial charge in [-0.25, -0.2) is 14.2 Å². The molecule has 1 heterocycles. The van der Waals surface area contributed by atoms with E-state index in [0.29, 0.717) is 17.9 Å². The number of hydrogen-bond acceptors (Lipinski definition) is 4. The van der Waals surface area contributed by atoms with E-state index >= 15 is 0 Å². The quantitative estimate of drug-likeness (QED) is 0.738. The summed E-state index contributed by atoms with van der Waals surface area (Å²) in [5, 5.41) is 1.41. The van der Waals surface area contributed by atoms with Crippen molar-refractivity contribution in [2.24, 2.45) is 0 Å². The molecule has 1 aliphatic rings. The van der Waals surface area contributed by atoms with Crippen LogP contribution in [0.2, 0.25) is 5.02 Å². The van der Waals surface area contributed by atoms with Gasteiger partial charge in [-0.2, -0.15) is 0 Å². The summed E-state index contributed by atoms with van der Waals surface area (Å²) in [6, 6.07) is 2.71. The van der Waals surface area contributed by atoms with E-state index in [0.717, 1.165) is 5.06 Å². The molecule has 1 aromatic carbocycles. The predicted molar refractivity (Wildman–Crippen MR) is 95.0 cm³/mol. The fraction of sp³-hybridized carbons (Fsp3) is 0.556. The standard InChI is InChI=1S/C18H24ClFN2O4/c1-18(2,3)26-17(24)22-14(12-10-11(19)6-7-13(12)20)8-9-15(22)16(23)21(4)25-5/h6-7,10,14-15H,8-9H2,1-5H3/t14-,15-/m1/s1. The third kappa shape index (κ3) is 4.45. The van der Waals surface area contributed by atoms with Gasteiger partial charge in [0.15, 0.2) is 0 Å². The van der Waals surface area contributed by atoms with Crippen LogP contribution in [0.3, 0.4) is 0 Å². The van der Waals surface area contributed by atoms with Crippen molar-refractivity contribution in [3.05, 3.63) is 34.6 Å². The van der Waals surface area contributed by atoms with Crippen LogP contribution in [-0.4, -0.2) is 47.8 Å². The highest BCUT2D eigenvalue weighted by Crippen LogP contribution is 2.39. The van der Waals surface area contributed by atoms with Gasteiger partial charge in [-0.15, -0.1) is 0 Å². The second-order valence-corrected chi connectivity index (χ2v) is 7.62. The van der Waals surface area contributed by atoms with E-state index in [4.69, 9.17) is 21.2 Å². The van der Waals surface area contributed by atoms with Crippen LogP contribution in [-0.2, 0) is 14.4 Å². The van der Waals surface area contributed by atoms with Crippen molar-refractivity contribution in [3.63, 3.8) is 0 Å². The first-order chi connectivity index (χ1) is 12.0. The van der Waals surface area contributed by atoms with Gasteiger partial charge >= 0.3 is 6.09 Å². The summed E-state index contributed by atoms with van der Waals surface area (Å²) in [4.78, 5) is 31.7. The number of amides is 2. The van der Waals surface area contributed by atoms with Crippen LogP contribution >= 0.6 is 11.6 Å². The lowest BCUT2D eigenvalue weighted by Crippen LogP contribution is -2.48. The number of hydrogen-bond donors (Lipinski definition) is 0. The number of nitrogens with zero attached hydrogens (tertiary/aromatic N) is 2. The Labute approximate surface area is 157 Å². The lowest BCUT2D eigenvalue weighted by molar-refractivity contribution is -0.173. The molecule has 1 saturated heterocycles. The molecule has 26 heavy (non-hydrogen) atoms. The molecule has 0 N–H and O–H groups in total. The zero-order valence-electron chi connectivity index (χ0n) is 15.6. The average Bonchev–Trinajstić information content (AvgIpc) is 2.98. The van der Waals surface area contributed by atoms with Gasteiger partial charge in [0.25, 0.3) is 5.91 Å². The van der Waals surface area contributed by atoms with Crippen LogP contribution in [0.4, 0.5) is 9.18 Å². The first kappa shape index (κ1) is 20.5. The Morgan fingerprint density at radius 2 is 1.96 bits per heavy atom. The minimum absolute atomic E-state index is 0.263. The highest BCUT2D eigenvalue weighted by atomic mass is 35.5. The fourth-order valence-electron chi connectivity index (χ4n) is 3.00. The topological polar surface area (TPSA) is 59.1 Å². The van der Waals surface area contributed by atoms with Crippen molar-refractivity contribution in [3.8, 4) is 0 Å². The maximum absolute atomic E-state index is 14.4. The molecule has 0 spiro atoms. The molecule has 2 rings (SSSR count). The number of carbonyl (C=O) groups is 2. The lowest BCUT2D eigenvalue weighted by Gasteiger charge is -2.33. The van der Waals surface area contributed by atoms with Crippen LogP contribution in [0.1, 0.15) is 45.2 Å². The Bertz CT molecular complexity index is 692. The van der Waals surface area contributed by atoms with Crippen molar-refractivity contribution < 1.29 is 23.6 Å². The molecule has 2 amide bonds. The first-order valence-corrected chi connectivity index (χ1v) is 8.71. The molecule has 1 fully saturated rings. The molecule has 144 valence electrons. The Hall–Kier alpha value is -1.86. The van der Waals surface area contributed by atoms with E-state index in [-0.39, 0.29) is 5.56 Å². The summed E-state index contributed by atoms with van der Waals surface area (Å²) >= 11 is 6.00. The van der Waals surface area contributed by atoms with Crippen molar-refractivity contribution >= 4 is 23.6 Å². The van der Waals surface area contributed by atoms with E-state index in [1.807, 2.05) is 0 Å². The van der Waals surface area contributed by atoms with E-state index < -0.39 is 35.5 Å². The third-order valence-corrected chi connectivity index (χ3v) is 4.41. The molecule has 0 radical (unpaired) electrons. The van der Waals surface area contributed by atoms with E-state index in [1.54, 1.807) is 20.8 Å². The van der Waals surface area contributed by atoms with Crippen molar-refractivity contribution in [1.82, 2.24) is 9.96 Å². The summed E-state index contributed by atoms with van der Waals surface area (Å²) in [6.45, 7) is 5.19. The number of hydroxylamine groups is 2. The van der Waals surface area contributed by atoms with Crippen LogP contribution < -0.4 is 0 Å². The molecule has 6 nitrogen and oxygen atoms in total. The smallest absolute Gasteiger partial charge is 0.411 e. The van der Waals surface area contributed by atoms with Crippen molar-refractivity contribution in [1.29, 1.82) is 0 Å². The molecule has 1 aliphatic heterocycles. The fourth-order valence-corrected chi connectivity index (χ4v) is 3.18. The summed E-state index contributed by atoms with van der Waals surface area (Å²) in [5.74, 6) is -0.885. The van der Waals surface area contributed by atoms with Gasteiger partial charge in [0.05, 0.1) is 13.2 Å². The largest absolute Gasteiger partial charge is 0.444 e. The van der Waals surface area contributed by atoms with Gasteiger partial charge < -0.3 is 4.74 Å². The molecular formula is C18H24ClFN2O4. The molecule has 0 aromatic heterocycles. The summed E-state index contributed by atoms with van der Waals surface area (Å²) in [6.07, 6.45) is 0.0922. The summed E-state index contributed by atoms with van der Waals surface area (Å²) < 4.78 is 19.8. The molecular weight excluding hydrogens is 363 g/mol.